The zero-order chi connectivity index (χ0) is 16.1. The minimum Gasteiger partial charge on any atom is -0.368 e. The highest BCUT2D eigenvalue weighted by Gasteiger charge is 2.21. The number of rotatable bonds is 5. The van der Waals surface area contributed by atoms with Crippen LogP contribution in [0.4, 0.5) is 5.69 Å². The molecule has 0 aromatic heterocycles. The first-order chi connectivity index (χ1) is 10.5. The Bertz CT molecular complexity index is 498. The van der Waals surface area contributed by atoms with Crippen LogP contribution < -0.4 is 4.90 Å². The maximum absolute atomic E-state index is 12.3. The van der Waals surface area contributed by atoms with E-state index in [1.54, 1.807) is 4.90 Å². The minimum atomic E-state index is 0.0270. The molecule has 2 unspecified atom stereocenters. The Labute approximate surface area is 134 Å². The number of benzene rings is 1. The monoisotopic (exact) mass is 303 g/mol. The number of carbonyl (C=O) groups excluding carboxylic acids is 1. The molecular formula is C19H29NO2. The molecule has 1 amide bonds. The quantitative estimate of drug-likeness (QED) is 0.808. The fourth-order valence-corrected chi connectivity index (χ4v) is 3.05. The molecule has 0 aliphatic heterocycles. The maximum Gasteiger partial charge on any atom is 0.252 e. The molecule has 22 heavy (non-hydrogen) atoms. The first-order valence-electron chi connectivity index (χ1n) is 8.45. The number of amides is 1. The van der Waals surface area contributed by atoms with Crippen LogP contribution >= 0.6 is 0 Å². The lowest BCUT2D eigenvalue weighted by Crippen LogP contribution is -2.33. The second-order valence-electron chi connectivity index (χ2n) is 6.91. The van der Waals surface area contributed by atoms with E-state index in [-0.39, 0.29) is 18.6 Å². The number of likely N-dealkylation sites (N-methyl/N-ethyl adjacent to an activating group) is 1. The van der Waals surface area contributed by atoms with Crippen molar-refractivity contribution in [3.05, 3.63) is 29.8 Å². The largest absolute Gasteiger partial charge is 0.368 e. The Kier molecular flexibility index (Phi) is 6.01. The third-order valence-electron chi connectivity index (χ3n) is 4.63. The summed E-state index contributed by atoms with van der Waals surface area (Å²) in [5.74, 6) is 1.21. The molecule has 1 aromatic carbocycles. The molecule has 1 aromatic rings. The molecule has 3 nitrogen and oxygen atoms in total. The van der Waals surface area contributed by atoms with Gasteiger partial charge in [0.2, 0.25) is 0 Å². The van der Waals surface area contributed by atoms with Gasteiger partial charge in [0.05, 0.1) is 6.10 Å². The molecule has 2 rings (SSSR count). The lowest BCUT2D eigenvalue weighted by molar-refractivity contribution is -0.125. The molecule has 0 radical (unpaired) electrons. The van der Waals surface area contributed by atoms with Crippen LogP contribution in [0.1, 0.15) is 57.9 Å². The topological polar surface area (TPSA) is 29.5 Å². The van der Waals surface area contributed by atoms with Gasteiger partial charge >= 0.3 is 0 Å². The highest BCUT2D eigenvalue weighted by Crippen LogP contribution is 2.26. The van der Waals surface area contributed by atoms with E-state index < -0.39 is 0 Å². The van der Waals surface area contributed by atoms with Gasteiger partial charge in [0.15, 0.2) is 0 Å². The molecular weight excluding hydrogens is 274 g/mol. The average Bonchev–Trinajstić information content (AvgIpc) is 2.52. The van der Waals surface area contributed by atoms with Gasteiger partial charge < -0.3 is 9.64 Å². The summed E-state index contributed by atoms with van der Waals surface area (Å²) in [7, 11) is 1.83. The van der Waals surface area contributed by atoms with Crippen LogP contribution in [0, 0.1) is 5.92 Å². The Morgan fingerprint density at radius 2 is 2.14 bits per heavy atom. The predicted molar refractivity (Wildman–Crippen MR) is 91.3 cm³/mol. The van der Waals surface area contributed by atoms with E-state index >= 15 is 0 Å². The van der Waals surface area contributed by atoms with Crippen molar-refractivity contribution in [1.82, 2.24) is 0 Å². The van der Waals surface area contributed by atoms with E-state index in [4.69, 9.17) is 4.74 Å². The van der Waals surface area contributed by atoms with E-state index in [1.165, 1.54) is 18.4 Å². The van der Waals surface area contributed by atoms with Gasteiger partial charge in [0, 0.05) is 12.7 Å². The number of ether oxygens (including phenoxy) is 1. The molecule has 0 N–H and O–H groups in total. The summed E-state index contributed by atoms with van der Waals surface area (Å²) in [5, 5.41) is 0. The van der Waals surface area contributed by atoms with Gasteiger partial charge in [0.25, 0.3) is 5.91 Å². The number of hydrogen-bond donors (Lipinski definition) is 0. The Hall–Kier alpha value is -1.35. The summed E-state index contributed by atoms with van der Waals surface area (Å²) in [6.07, 6.45) is 4.93. The summed E-state index contributed by atoms with van der Waals surface area (Å²) in [4.78, 5) is 14.1. The standard InChI is InChI=1S/C19H29NO2/c1-14(2)16-8-6-9-17(12-16)20(4)19(21)13-22-18-10-5-7-15(3)11-18/h6,8-9,12,14-15,18H,5,7,10-11,13H2,1-4H3. The second kappa shape index (κ2) is 7.77. The fourth-order valence-electron chi connectivity index (χ4n) is 3.05. The third-order valence-corrected chi connectivity index (χ3v) is 4.63. The lowest BCUT2D eigenvalue weighted by atomic mass is 9.89. The smallest absolute Gasteiger partial charge is 0.252 e. The van der Waals surface area contributed by atoms with Crippen LogP contribution in [-0.2, 0) is 9.53 Å². The molecule has 0 saturated heterocycles. The molecule has 3 heteroatoms. The van der Waals surface area contributed by atoms with Crippen LogP contribution in [0.5, 0.6) is 0 Å². The van der Waals surface area contributed by atoms with Gasteiger partial charge in [-0.2, -0.15) is 0 Å². The number of carbonyl (C=O) groups is 1. The van der Waals surface area contributed by atoms with Crippen molar-refractivity contribution in [1.29, 1.82) is 0 Å². The predicted octanol–water partition coefficient (Wildman–Crippen LogP) is 4.37. The average molecular weight is 303 g/mol. The van der Waals surface area contributed by atoms with Gasteiger partial charge in [-0.05, 0) is 42.4 Å². The Balaban J connectivity index is 1.90. The van der Waals surface area contributed by atoms with E-state index in [0.717, 1.165) is 18.5 Å². The van der Waals surface area contributed by atoms with Crippen molar-refractivity contribution in [3.8, 4) is 0 Å². The molecule has 1 aliphatic carbocycles. The molecule has 122 valence electrons. The highest BCUT2D eigenvalue weighted by molar-refractivity contribution is 5.93. The summed E-state index contributed by atoms with van der Waals surface area (Å²) in [6, 6.07) is 8.18. The van der Waals surface area contributed by atoms with E-state index in [9.17, 15) is 4.79 Å². The number of anilines is 1. The van der Waals surface area contributed by atoms with Crippen LogP contribution in [0.25, 0.3) is 0 Å². The molecule has 1 fully saturated rings. The van der Waals surface area contributed by atoms with Crippen LogP contribution in [0.2, 0.25) is 0 Å². The number of hydrogen-bond acceptors (Lipinski definition) is 2. The van der Waals surface area contributed by atoms with Gasteiger partial charge in [-0.25, -0.2) is 0 Å². The van der Waals surface area contributed by atoms with Crippen molar-refractivity contribution >= 4 is 11.6 Å². The zero-order valence-electron chi connectivity index (χ0n) is 14.3. The van der Waals surface area contributed by atoms with Gasteiger partial charge in [0.1, 0.15) is 6.61 Å². The lowest BCUT2D eigenvalue weighted by Gasteiger charge is -2.27. The highest BCUT2D eigenvalue weighted by atomic mass is 16.5. The van der Waals surface area contributed by atoms with Crippen LogP contribution in [0.15, 0.2) is 24.3 Å². The van der Waals surface area contributed by atoms with E-state index in [2.05, 4.69) is 32.9 Å². The van der Waals surface area contributed by atoms with Crippen LogP contribution in [0.3, 0.4) is 0 Å². The summed E-state index contributed by atoms with van der Waals surface area (Å²) < 4.78 is 5.84. The number of nitrogens with zero attached hydrogens (tertiary/aromatic N) is 1. The first kappa shape index (κ1) is 17.0. The minimum absolute atomic E-state index is 0.0270. The fraction of sp³-hybridized carbons (Fsp3) is 0.632. The van der Waals surface area contributed by atoms with Crippen molar-refractivity contribution in [2.45, 2.75) is 58.5 Å². The summed E-state index contributed by atoms with van der Waals surface area (Å²) in [5.41, 5.74) is 2.19. The Morgan fingerprint density at radius 3 is 2.82 bits per heavy atom. The van der Waals surface area contributed by atoms with Crippen molar-refractivity contribution in [3.63, 3.8) is 0 Å². The van der Waals surface area contributed by atoms with Gasteiger partial charge in [-0.15, -0.1) is 0 Å². The van der Waals surface area contributed by atoms with Crippen LogP contribution in [-0.4, -0.2) is 25.7 Å². The molecule has 2 atom stereocenters. The third kappa shape index (κ3) is 4.57. The molecule has 0 spiro atoms. The Morgan fingerprint density at radius 1 is 1.36 bits per heavy atom. The van der Waals surface area contributed by atoms with Gasteiger partial charge in [-0.3, -0.25) is 4.79 Å². The second-order valence-corrected chi connectivity index (χ2v) is 6.91. The normalized spacial score (nSPS) is 21.9. The maximum atomic E-state index is 12.3. The summed E-state index contributed by atoms with van der Waals surface area (Å²) >= 11 is 0. The first-order valence-corrected chi connectivity index (χ1v) is 8.45. The van der Waals surface area contributed by atoms with Crippen molar-refractivity contribution < 1.29 is 9.53 Å². The van der Waals surface area contributed by atoms with Crippen molar-refractivity contribution in [2.24, 2.45) is 5.92 Å². The zero-order valence-corrected chi connectivity index (χ0v) is 14.3. The van der Waals surface area contributed by atoms with Gasteiger partial charge in [-0.1, -0.05) is 45.7 Å². The molecule has 1 aliphatic rings. The van der Waals surface area contributed by atoms with E-state index in [0.29, 0.717) is 11.8 Å². The van der Waals surface area contributed by atoms with Crippen molar-refractivity contribution in [2.75, 3.05) is 18.6 Å². The molecule has 0 bridgehead atoms. The van der Waals surface area contributed by atoms with E-state index in [1.807, 2.05) is 19.2 Å². The molecule has 1 saturated carbocycles. The summed E-state index contributed by atoms with van der Waals surface area (Å²) in [6.45, 7) is 6.77. The molecule has 0 heterocycles. The SMILES string of the molecule is CC1CCCC(OCC(=O)N(C)c2cccc(C(C)C)c2)C1.